The van der Waals surface area contributed by atoms with Gasteiger partial charge in [-0.3, -0.25) is 0 Å². The van der Waals surface area contributed by atoms with E-state index in [0.717, 1.165) is 0 Å². The van der Waals surface area contributed by atoms with Crippen LogP contribution in [0.25, 0.3) is 0 Å². The highest BCUT2D eigenvalue weighted by molar-refractivity contribution is 4.47. The van der Waals surface area contributed by atoms with Crippen molar-refractivity contribution >= 4 is 0 Å². The molecule has 0 radical (unpaired) electrons. The van der Waals surface area contributed by atoms with Gasteiger partial charge in [0.25, 0.3) is 0 Å². The summed E-state index contributed by atoms with van der Waals surface area (Å²) in [5.74, 6) is 0. The van der Waals surface area contributed by atoms with Crippen LogP contribution in [0.4, 0.5) is 0 Å². The maximum Gasteiger partial charge on any atom is 0.0351 e. The minimum Gasteiger partial charge on any atom is -0.388 e. The second-order valence-electron chi connectivity index (χ2n) is 3.41. The lowest BCUT2D eigenvalue weighted by molar-refractivity contribution is 0.277. The first-order valence-corrected chi connectivity index (χ1v) is 2.82. The van der Waals surface area contributed by atoms with Crippen LogP contribution in [0.3, 0.4) is 0 Å². The molecular weight excluding hydrogens is 136 g/mol. The van der Waals surface area contributed by atoms with E-state index in [1.165, 1.54) is 0 Å². The number of methoxy groups -OCH3 is 1. The lowest BCUT2D eigenvalue weighted by Crippen LogP contribution is -1.93. The molecule has 0 atom stereocenters. The second kappa shape index (κ2) is 16.5. The Hall–Kier alpha value is -0.0400. The molecule has 0 amide bonds. The molecule has 0 aromatic heterocycles. The Morgan fingerprint density at radius 3 is 0.727 bits per heavy atom. The average molecular weight is 166 g/mol. The van der Waals surface area contributed by atoms with Gasteiger partial charge in [0.2, 0.25) is 0 Å². The van der Waals surface area contributed by atoms with E-state index in [4.69, 9.17) is 0 Å². The minimum absolute atomic E-state index is 0. The summed E-state index contributed by atoms with van der Waals surface area (Å²) in [6.07, 6.45) is 0. The molecule has 0 bridgehead atoms. The summed E-state index contributed by atoms with van der Waals surface area (Å²) >= 11 is 0. The molecule has 0 aliphatic carbocycles. The monoisotopic (exact) mass is 166 g/mol. The summed E-state index contributed by atoms with van der Waals surface area (Å²) in [4.78, 5) is 0. The van der Waals surface area contributed by atoms with Crippen LogP contribution in [0.2, 0.25) is 0 Å². The second-order valence-corrected chi connectivity index (χ2v) is 3.41. The zero-order valence-corrected chi connectivity index (χ0v) is 6.91. The number of ether oxygens (including phenoxy) is 1. The van der Waals surface area contributed by atoms with Gasteiger partial charge >= 0.3 is 0 Å². The van der Waals surface area contributed by atoms with E-state index < -0.39 is 0 Å². The highest BCUT2D eigenvalue weighted by atomic mass is 16.4. The molecule has 0 fully saturated rings. The lowest BCUT2D eigenvalue weighted by atomic mass is 10.0. The molecular formula is C10H30O. The minimum atomic E-state index is 0. The van der Waals surface area contributed by atoms with Crippen LogP contribution in [0, 0.1) is 5.41 Å². The Bertz CT molecular complexity index is 28.6. The summed E-state index contributed by atoms with van der Waals surface area (Å²) in [5.41, 5.74) is 0.500. The standard InChI is InChI=1S/C5H12.C2H6O.3CH4/c1-5(2,3)4;1-3-2;;;/h1-4H3;1-2H3;3*1H4. The highest BCUT2D eigenvalue weighted by Gasteiger charge is 1.95. The van der Waals surface area contributed by atoms with E-state index in [1.807, 2.05) is 0 Å². The number of rotatable bonds is 0. The lowest BCUT2D eigenvalue weighted by Gasteiger charge is -2.05. The first-order chi connectivity index (χ1) is 3.41. The third-order valence-electron chi connectivity index (χ3n) is 0. The quantitative estimate of drug-likeness (QED) is 0.523. The summed E-state index contributed by atoms with van der Waals surface area (Å²) in [5, 5.41) is 0. The van der Waals surface area contributed by atoms with Gasteiger partial charge in [-0.15, -0.1) is 0 Å². The fraction of sp³-hybridized carbons (Fsp3) is 1.00. The van der Waals surface area contributed by atoms with Gasteiger partial charge < -0.3 is 4.74 Å². The molecule has 1 nitrogen and oxygen atoms in total. The molecule has 0 spiro atoms. The third kappa shape index (κ3) is 394000. The molecule has 0 aliphatic rings. The van der Waals surface area contributed by atoms with Crippen LogP contribution in [-0.2, 0) is 4.74 Å². The van der Waals surface area contributed by atoms with E-state index in [0.29, 0.717) is 5.41 Å². The molecule has 0 heterocycles. The van der Waals surface area contributed by atoms with Crippen molar-refractivity contribution in [3.05, 3.63) is 0 Å². The molecule has 76 valence electrons. The molecule has 0 rings (SSSR count). The van der Waals surface area contributed by atoms with Crippen molar-refractivity contribution in [1.29, 1.82) is 0 Å². The van der Waals surface area contributed by atoms with Gasteiger partial charge in [-0.1, -0.05) is 50.0 Å². The molecule has 0 saturated heterocycles. The predicted octanol–water partition coefficient (Wildman–Crippen LogP) is 4.22. The molecule has 0 N–H and O–H groups in total. The summed E-state index contributed by atoms with van der Waals surface area (Å²) in [7, 11) is 3.25. The Labute approximate surface area is 75.2 Å². The first kappa shape index (κ1) is 30.6. The van der Waals surface area contributed by atoms with E-state index >= 15 is 0 Å². The molecule has 11 heavy (non-hydrogen) atoms. The summed E-state index contributed by atoms with van der Waals surface area (Å²) in [6.45, 7) is 8.75. The van der Waals surface area contributed by atoms with Crippen molar-refractivity contribution in [3.8, 4) is 0 Å². The van der Waals surface area contributed by atoms with Crippen LogP contribution in [-0.4, -0.2) is 14.2 Å². The van der Waals surface area contributed by atoms with Crippen molar-refractivity contribution in [1.82, 2.24) is 0 Å². The summed E-state index contributed by atoms with van der Waals surface area (Å²) in [6, 6.07) is 0. The van der Waals surface area contributed by atoms with Crippen LogP contribution < -0.4 is 0 Å². The van der Waals surface area contributed by atoms with Crippen molar-refractivity contribution in [3.63, 3.8) is 0 Å². The zero-order chi connectivity index (χ0) is 7.21. The highest BCUT2D eigenvalue weighted by Crippen LogP contribution is 2.07. The molecule has 0 saturated carbocycles. The van der Waals surface area contributed by atoms with Crippen LogP contribution in [0.5, 0.6) is 0 Å². The van der Waals surface area contributed by atoms with E-state index in [2.05, 4.69) is 32.4 Å². The Morgan fingerprint density at radius 1 is 0.727 bits per heavy atom. The molecule has 0 aromatic rings. The number of hydrogen-bond acceptors (Lipinski definition) is 1. The predicted molar refractivity (Wildman–Crippen MR) is 58.3 cm³/mol. The van der Waals surface area contributed by atoms with Gasteiger partial charge in [0.1, 0.15) is 0 Å². The molecule has 1 heteroatoms. The fourth-order valence-electron chi connectivity index (χ4n) is 0. The van der Waals surface area contributed by atoms with Crippen molar-refractivity contribution < 1.29 is 4.74 Å². The van der Waals surface area contributed by atoms with Crippen molar-refractivity contribution in [2.24, 2.45) is 5.41 Å². The van der Waals surface area contributed by atoms with E-state index in [9.17, 15) is 0 Å². The van der Waals surface area contributed by atoms with E-state index in [-0.39, 0.29) is 22.3 Å². The third-order valence-corrected chi connectivity index (χ3v) is 0. The van der Waals surface area contributed by atoms with Crippen LogP contribution in [0.15, 0.2) is 0 Å². The topological polar surface area (TPSA) is 9.23 Å². The van der Waals surface area contributed by atoms with Crippen molar-refractivity contribution in [2.75, 3.05) is 14.2 Å². The molecule has 0 aromatic carbocycles. The van der Waals surface area contributed by atoms with Crippen molar-refractivity contribution in [2.45, 2.75) is 50.0 Å². The van der Waals surface area contributed by atoms with Crippen LogP contribution in [0.1, 0.15) is 50.0 Å². The zero-order valence-electron chi connectivity index (χ0n) is 6.91. The Balaban J connectivity index is -0.0000000183. The van der Waals surface area contributed by atoms with Gasteiger partial charge in [0.05, 0.1) is 0 Å². The smallest absolute Gasteiger partial charge is 0.0351 e. The Kier molecular flexibility index (Phi) is 45.9. The fourth-order valence-corrected chi connectivity index (χ4v) is 0. The van der Waals surface area contributed by atoms with Gasteiger partial charge in [-0.25, -0.2) is 0 Å². The Morgan fingerprint density at radius 2 is 0.727 bits per heavy atom. The van der Waals surface area contributed by atoms with Gasteiger partial charge in [-0.2, -0.15) is 0 Å². The largest absolute Gasteiger partial charge is 0.388 e. The van der Waals surface area contributed by atoms with Gasteiger partial charge in [-0.05, 0) is 5.41 Å². The maximum atomic E-state index is 4.25. The molecule has 0 unspecified atom stereocenters. The van der Waals surface area contributed by atoms with Gasteiger partial charge in [0, 0.05) is 14.2 Å². The first-order valence-electron chi connectivity index (χ1n) is 2.82. The van der Waals surface area contributed by atoms with Crippen LogP contribution >= 0.6 is 0 Å². The maximum absolute atomic E-state index is 4.25. The summed E-state index contributed by atoms with van der Waals surface area (Å²) < 4.78 is 4.25. The average Bonchev–Trinajstić information content (AvgIpc) is 1.27. The van der Waals surface area contributed by atoms with E-state index in [1.54, 1.807) is 14.2 Å². The normalized spacial score (nSPS) is 7.09. The van der Waals surface area contributed by atoms with Gasteiger partial charge in [0.15, 0.2) is 0 Å². The SMILES string of the molecule is C.C.C.CC(C)(C)C.COC. The number of hydrogen-bond donors (Lipinski definition) is 0. The molecule has 0 aliphatic heterocycles.